The van der Waals surface area contributed by atoms with Gasteiger partial charge in [-0.05, 0) is 37.5 Å². The summed E-state index contributed by atoms with van der Waals surface area (Å²) in [6.45, 7) is 2.07. The van der Waals surface area contributed by atoms with Gasteiger partial charge < -0.3 is 19.6 Å². The van der Waals surface area contributed by atoms with E-state index in [1.54, 1.807) is 12.1 Å². The molecule has 1 saturated carbocycles. The maximum Gasteiger partial charge on any atom is 0.189 e. The molecule has 0 saturated heterocycles. The second-order valence-electron chi connectivity index (χ2n) is 6.38. The molecule has 0 bridgehead atoms. The first kappa shape index (κ1) is 17.5. The van der Waals surface area contributed by atoms with Crippen molar-refractivity contribution in [3.63, 3.8) is 0 Å². The van der Waals surface area contributed by atoms with E-state index in [4.69, 9.17) is 9.47 Å². The summed E-state index contributed by atoms with van der Waals surface area (Å²) in [5.41, 5.74) is 2.80. The smallest absolute Gasteiger partial charge is 0.189 e. The highest BCUT2D eigenvalue weighted by Gasteiger charge is 2.27. The molecule has 1 aromatic heterocycles. The van der Waals surface area contributed by atoms with Crippen molar-refractivity contribution in [3.8, 4) is 5.75 Å². The van der Waals surface area contributed by atoms with Crippen LogP contribution >= 0.6 is 0 Å². The maximum absolute atomic E-state index is 11.5. The number of aromatic amines is 1. The molecule has 1 heterocycles. The number of nitrogens with one attached hydrogen (secondary N) is 1. The lowest BCUT2D eigenvalue weighted by Gasteiger charge is -2.30. The molecular formula is C20H23NO4. The van der Waals surface area contributed by atoms with E-state index < -0.39 is 0 Å². The highest BCUT2D eigenvalue weighted by Crippen LogP contribution is 2.23. The summed E-state index contributed by atoms with van der Waals surface area (Å²) in [5, 5.41) is 9.22. The van der Waals surface area contributed by atoms with E-state index in [1.165, 1.54) is 0 Å². The number of ether oxygens (including phenoxy) is 2. The number of rotatable bonds is 7. The third kappa shape index (κ3) is 5.31. The van der Waals surface area contributed by atoms with Crippen molar-refractivity contribution in [1.29, 1.82) is 0 Å². The number of aromatic nitrogens is 1. The van der Waals surface area contributed by atoms with Crippen LogP contribution < -0.4 is 10.2 Å². The Labute approximate surface area is 146 Å². The maximum atomic E-state index is 11.5. The number of hydrogen-bond donors (Lipinski definition) is 2. The molecule has 1 aromatic carbocycles. The molecule has 5 heteroatoms. The van der Waals surface area contributed by atoms with Crippen LogP contribution in [0.2, 0.25) is 0 Å². The summed E-state index contributed by atoms with van der Waals surface area (Å²) >= 11 is 0. The van der Waals surface area contributed by atoms with Crippen molar-refractivity contribution in [2.24, 2.45) is 0 Å². The van der Waals surface area contributed by atoms with Gasteiger partial charge in [0, 0.05) is 29.9 Å². The second-order valence-corrected chi connectivity index (χ2v) is 6.38. The summed E-state index contributed by atoms with van der Waals surface area (Å²) in [6.07, 6.45) is 5.93. The molecule has 2 N–H and O–H groups in total. The molecule has 3 rings (SSSR count). The summed E-state index contributed by atoms with van der Waals surface area (Å²) in [4.78, 5) is 14.7. The van der Waals surface area contributed by atoms with Gasteiger partial charge in [0.25, 0.3) is 0 Å². The second kappa shape index (κ2) is 8.14. The van der Waals surface area contributed by atoms with Gasteiger partial charge in [0.2, 0.25) is 0 Å². The molecule has 0 amide bonds. The topological polar surface area (TPSA) is 71.6 Å². The highest BCUT2D eigenvalue weighted by molar-refractivity contribution is 5.52. The Kier molecular flexibility index (Phi) is 5.68. The summed E-state index contributed by atoms with van der Waals surface area (Å²) < 4.78 is 11.1. The lowest BCUT2D eigenvalue weighted by Crippen LogP contribution is -2.36. The van der Waals surface area contributed by atoms with Crippen LogP contribution in [0.3, 0.4) is 0 Å². The number of aliphatic hydroxyl groups is 1. The van der Waals surface area contributed by atoms with Gasteiger partial charge in [-0.1, -0.05) is 24.3 Å². The quantitative estimate of drug-likeness (QED) is 0.760. The molecule has 25 heavy (non-hydrogen) atoms. The first-order chi connectivity index (χ1) is 12.1. The summed E-state index contributed by atoms with van der Waals surface area (Å²) in [6, 6.07) is 10.9. The summed E-state index contributed by atoms with van der Waals surface area (Å²) in [7, 11) is 0. The molecule has 1 fully saturated rings. The first-order valence-corrected chi connectivity index (χ1v) is 8.47. The Morgan fingerprint density at radius 3 is 2.88 bits per heavy atom. The molecule has 0 aliphatic heterocycles. The number of pyridine rings is 1. The van der Waals surface area contributed by atoms with Gasteiger partial charge in [-0.15, -0.1) is 0 Å². The minimum Gasteiger partial charge on any atom is -0.468 e. The number of aliphatic hydroxyl groups excluding tert-OH is 1. The van der Waals surface area contributed by atoms with Crippen LogP contribution in [0.5, 0.6) is 5.75 Å². The summed E-state index contributed by atoms with van der Waals surface area (Å²) in [5.74, 6) is 0.742. The van der Waals surface area contributed by atoms with Gasteiger partial charge in [-0.3, -0.25) is 4.79 Å². The molecule has 5 nitrogen and oxygen atoms in total. The van der Waals surface area contributed by atoms with E-state index in [1.807, 2.05) is 43.3 Å². The predicted molar refractivity (Wildman–Crippen MR) is 96.6 cm³/mol. The fourth-order valence-electron chi connectivity index (χ4n) is 2.76. The first-order valence-electron chi connectivity index (χ1n) is 8.47. The van der Waals surface area contributed by atoms with Crippen molar-refractivity contribution < 1.29 is 14.6 Å². The van der Waals surface area contributed by atoms with Crippen LogP contribution in [0.1, 0.15) is 29.8 Å². The molecule has 1 aliphatic carbocycles. The number of hydrogen-bond acceptors (Lipinski definition) is 4. The van der Waals surface area contributed by atoms with Crippen molar-refractivity contribution in [3.05, 3.63) is 69.6 Å². The van der Waals surface area contributed by atoms with Crippen molar-refractivity contribution >= 4 is 6.08 Å². The zero-order valence-electron chi connectivity index (χ0n) is 14.3. The lowest BCUT2D eigenvalue weighted by atomic mass is 9.92. The van der Waals surface area contributed by atoms with Crippen LogP contribution in [0, 0.1) is 6.92 Å². The van der Waals surface area contributed by atoms with Gasteiger partial charge in [0.05, 0.1) is 12.2 Å². The molecule has 132 valence electrons. The van der Waals surface area contributed by atoms with Crippen molar-refractivity contribution in [2.45, 2.75) is 38.4 Å². The number of aryl methyl sites for hydroxylation is 1. The van der Waals surface area contributed by atoms with Crippen LogP contribution in [-0.2, 0) is 11.2 Å². The molecule has 2 aromatic rings. The normalized spacial score (nSPS) is 19.8. The van der Waals surface area contributed by atoms with Gasteiger partial charge in [-0.2, -0.15) is 0 Å². The van der Waals surface area contributed by atoms with E-state index in [-0.39, 0.29) is 24.4 Å². The van der Waals surface area contributed by atoms with Crippen LogP contribution in [0.4, 0.5) is 0 Å². The van der Waals surface area contributed by atoms with Crippen LogP contribution in [0.15, 0.2) is 47.3 Å². The van der Waals surface area contributed by atoms with Crippen molar-refractivity contribution in [1.82, 2.24) is 4.98 Å². The van der Waals surface area contributed by atoms with E-state index in [2.05, 4.69) is 4.98 Å². The Morgan fingerprint density at radius 1 is 1.28 bits per heavy atom. The Hall–Kier alpha value is -2.37. The van der Waals surface area contributed by atoms with E-state index in [0.717, 1.165) is 22.7 Å². The third-order valence-corrected chi connectivity index (χ3v) is 4.14. The molecule has 1 aliphatic rings. The zero-order valence-corrected chi connectivity index (χ0v) is 14.3. The molecule has 0 unspecified atom stereocenters. The number of benzene rings is 1. The Balaban J connectivity index is 1.51. The largest absolute Gasteiger partial charge is 0.468 e. The number of allylic oxidation sites excluding steroid dienone is 1. The monoisotopic (exact) mass is 341 g/mol. The third-order valence-electron chi connectivity index (χ3n) is 4.14. The zero-order chi connectivity index (χ0) is 17.6. The van der Waals surface area contributed by atoms with Gasteiger partial charge in [0.15, 0.2) is 12.2 Å². The van der Waals surface area contributed by atoms with Crippen LogP contribution in [-0.4, -0.2) is 29.1 Å². The Morgan fingerprint density at radius 2 is 2.12 bits per heavy atom. The SMILES string of the molecule is Cc1cc(=O)cc(C/C=C/c2cccc(OCOC3CC(O)C3)c2)[nH]1. The molecule has 0 spiro atoms. The van der Waals surface area contributed by atoms with Crippen molar-refractivity contribution in [2.75, 3.05) is 6.79 Å². The predicted octanol–water partition coefficient (Wildman–Crippen LogP) is 2.82. The van der Waals surface area contributed by atoms with Crippen LogP contribution in [0.25, 0.3) is 6.08 Å². The average molecular weight is 341 g/mol. The fraction of sp³-hybridized carbons (Fsp3) is 0.350. The Bertz CT molecular complexity index is 790. The van der Waals surface area contributed by atoms with E-state index >= 15 is 0 Å². The molecule has 0 atom stereocenters. The lowest BCUT2D eigenvalue weighted by molar-refractivity contribution is -0.112. The minimum atomic E-state index is -0.221. The number of H-pyrrole nitrogens is 1. The highest BCUT2D eigenvalue weighted by atomic mass is 16.7. The van der Waals surface area contributed by atoms with E-state index in [0.29, 0.717) is 19.3 Å². The van der Waals surface area contributed by atoms with Gasteiger partial charge >= 0.3 is 0 Å². The molecule has 0 radical (unpaired) electrons. The van der Waals surface area contributed by atoms with Gasteiger partial charge in [0.1, 0.15) is 5.75 Å². The minimum absolute atomic E-state index is 0.0222. The molecular weight excluding hydrogens is 318 g/mol. The fourth-order valence-corrected chi connectivity index (χ4v) is 2.76. The standard InChI is InChI=1S/C20H23NO4/c1-14-8-17(22)10-16(21-14)6-2-4-15-5-3-7-19(9-15)24-13-25-20-11-18(23)12-20/h2-5,7-10,18,20,23H,6,11-13H2,1H3,(H,21,22)/b4-2+. The average Bonchev–Trinajstić information content (AvgIpc) is 2.53. The van der Waals surface area contributed by atoms with Gasteiger partial charge in [-0.25, -0.2) is 0 Å². The van der Waals surface area contributed by atoms with E-state index in [9.17, 15) is 9.90 Å².